The second-order valence-corrected chi connectivity index (χ2v) is 20.3. The molecule has 0 aromatic carbocycles. The summed E-state index contributed by atoms with van der Waals surface area (Å²) in [7, 11) is 0. The number of nitrogens with zero attached hydrogens (tertiary/aromatic N) is 4. The number of likely N-dealkylation sites (tertiary alicyclic amines) is 4. The van der Waals surface area contributed by atoms with Crippen molar-refractivity contribution in [2.75, 3.05) is 52.4 Å². The minimum absolute atomic E-state index is 0. The van der Waals surface area contributed by atoms with Gasteiger partial charge in [0.05, 0.1) is 0 Å². The standard InChI is InChI=1S/2C12H23N.C11H21N.C10H19N.3CH4.4H2/c1-10(2)11(3)13-8-6-12(4,5)7-9-13;1-10(2)11(3)13-8-6-7-12(4,5)9-13;1-9(2)10(3)12-7-6-11(4,5)8-12;1-8(2)9(3)11-6-10(4,5)7-11;;;;;;;/h2*10H,3,6-9H2,1-2,4-5H3;9H,3,6-8H2,1-2,4-5H3;8H,3,6-7H2,1-2,4-5H3;3*1H4;4*1H/i;;;;;;;4*1+1. The zero-order valence-corrected chi connectivity index (χ0v) is 36.1. The molecular formula is C48H106N4. The number of allylic oxidation sites excluding steroid dienone is 4. The number of rotatable bonds is 8. The Morgan fingerprint density at radius 2 is 0.654 bits per heavy atom. The van der Waals surface area contributed by atoms with Gasteiger partial charge in [-0.1, -0.05) is 159 Å². The van der Waals surface area contributed by atoms with Crippen molar-refractivity contribution < 1.29 is 5.71 Å². The molecule has 4 heteroatoms. The van der Waals surface area contributed by atoms with E-state index < -0.39 is 0 Å². The van der Waals surface area contributed by atoms with Gasteiger partial charge in [-0.05, 0) is 77.4 Å². The smallest absolute Gasteiger partial charge is 0.0243 e. The van der Waals surface area contributed by atoms with Crippen LogP contribution in [0.25, 0.3) is 0 Å². The summed E-state index contributed by atoms with van der Waals surface area (Å²) in [5.74, 6) is 2.39. The molecule has 318 valence electrons. The average Bonchev–Trinajstić information content (AvgIpc) is 3.33. The van der Waals surface area contributed by atoms with Crippen molar-refractivity contribution in [2.45, 2.75) is 165 Å². The maximum Gasteiger partial charge on any atom is 0.0243 e. The summed E-state index contributed by atoms with van der Waals surface area (Å²) in [6.07, 6.45) is 6.59. The Bertz CT molecular complexity index is 1070. The van der Waals surface area contributed by atoms with E-state index in [0.717, 1.165) is 0 Å². The fraction of sp³-hybridized carbons (Fsp3) is 0.833. The lowest BCUT2D eigenvalue weighted by molar-refractivity contribution is 0.0559. The van der Waals surface area contributed by atoms with Crippen LogP contribution in [-0.4, -0.2) is 72.0 Å². The molecule has 0 unspecified atom stereocenters. The highest BCUT2D eigenvalue weighted by molar-refractivity contribution is 5.06. The molecule has 0 radical (unpaired) electrons. The van der Waals surface area contributed by atoms with Gasteiger partial charge in [0.25, 0.3) is 0 Å². The van der Waals surface area contributed by atoms with Crippen molar-refractivity contribution in [2.24, 2.45) is 45.3 Å². The van der Waals surface area contributed by atoms with Crippen molar-refractivity contribution in [1.29, 1.82) is 0 Å². The van der Waals surface area contributed by atoms with Gasteiger partial charge in [0, 0.05) is 80.9 Å². The first kappa shape index (κ1) is 54.5. The van der Waals surface area contributed by atoms with Gasteiger partial charge < -0.3 is 19.6 Å². The van der Waals surface area contributed by atoms with E-state index in [4.69, 9.17) is 0 Å². The third-order valence-electron chi connectivity index (χ3n) is 11.2. The maximum absolute atomic E-state index is 4.17. The van der Waals surface area contributed by atoms with Gasteiger partial charge in [-0.2, -0.15) is 0 Å². The zero-order valence-electron chi connectivity index (χ0n) is 36.1. The van der Waals surface area contributed by atoms with Crippen LogP contribution in [0.5, 0.6) is 0 Å². The van der Waals surface area contributed by atoms with Crippen LogP contribution in [0.3, 0.4) is 0 Å². The Morgan fingerprint density at radius 3 is 0.981 bits per heavy atom. The van der Waals surface area contributed by atoms with Crippen LogP contribution in [-0.2, 0) is 0 Å². The fourth-order valence-electron chi connectivity index (χ4n) is 7.08. The van der Waals surface area contributed by atoms with E-state index in [2.05, 4.69) is 157 Å². The molecule has 4 nitrogen and oxygen atoms in total. The quantitative estimate of drug-likeness (QED) is 0.245. The van der Waals surface area contributed by atoms with Gasteiger partial charge in [0.1, 0.15) is 0 Å². The van der Waals surface area contributed by atoms with Gasteiger partial charge in [0.2, 0.25) is 0 Å². The molecule has 0 spiro atoms. The van der Waals surface area contributed by atoms with Crippen LogP contribution in [0.15, 0.2) is 49.1 Å². The third kappa shape index (κ3) is 19.0. The molecule has 0 N–H and O–H groups in total. The zero-order chi connectivity index (χ0) is 38.1. The number of hydrogen-bond acceptors (Lipinski definition) is 4. The van der Waals surface area contributed by atoms with E-state index in [0.29, 0.717) is 45.3 Å². The fourth-order valence-corrected chi connectivity index (χ4v) is 7.08. The van der Waals surface area contributed by atoms with Crippen molar-refractivity contribution >= 4 is 0 Å². The molecule has 4 fully saturated rings. The molecule has 52 heavy (non-hydrogen) atoms. The number of piperidine rings is 2. The lowest BCUT2D eigenvalue weighted by atomic mass is 9.82. The minimum atomic E-state index is 0. The summed E-state index contributed by atoms with van der Waals surface area (Å²) in [4.78, 5) is 9.74. The van der Waals surface area contributed by atoms with Crippen molar-refractivity contribution in [3.05, 3.63) is 49.1 Å². The molecule has 0 aliphatic carbocycles. The van der Waals surface area contributed by atoms with E-state index in [-0.39, 0.29) is 28.0 Å². The summed E-state index contributed by atoms with van der Waals surface area (Å²) in [6.45, 7) is 62.5. The van der Waals surface area contributed by atoms with E-state index in [1.807, 2.05) is 0 Å². The average molecular weight is 743 g/mol. The molecule has 4 aliphatic rings. The molecule has 4 aliphatic heterocycles. The van der Waals surface area contributed by atoms with Crippen molar-refractivity contribution in [3.8, 4) is 0 Å². The first-order valence-corrected chi connectivity index (χ1v) is 19.9. The van der Waals surface area contributed by atoms with Gasteiger partial charge in [-0.15, -0.1) is 0 Å². The van der Waals surface area contributed by atoms with Crippen molar-refractivity contribution in [3.63, 3.8) is 0 Å². The van der Waals surface area contributed by atoms with E-state index in [1.165, 1.54) is 107 Å². The molecule has 0 aromatic rings. The van der Waals surface area contributed by atoms with Gasteiger partial charge in [0.15, 0.2) is 0 Å². The Morgan fingerprint density at radius 1 is 0.385 bits per heavy atom. The molecule has 0 saturated carbocycles. The Labute approximate surface area is 336 Å². The van der Waals surface area contributed by atoms with Crippen LogP contribution in [0.1, 0.15) is 171 Å². The van der Waals surface area contributed by atoms with Gasteiger partial charge in [-0.3, -0.25) is 0 Å². The predicted molar refractivity (Wildman–Crippen MR) is 249 cm³/mol. The second kappa shape index (κ2) is 22.5. The summed E-state index contributed by atoms with van der Waals surface area (Å²) < 4.78 is 0. The monoisotopic (exact) mass is 743 g/mol. The van der Waals surface area contributed by atoms with Crippen LogP contribution in [0.4, 0.5) is 0 Å². The molecule has 4 heterocycles. The highest BCUT2D eigenvalue weighted by Crippen LogP contribution is 2.35. The highest BCUT2D eigenvalue weighted by Gasteiger charge is 2.35. The van der Waals surface area contributed by atoms with E-state index in [9.17, 15) is 0 Å². The normalized spacial score (nSPS) is 20.7. The molecule has 4 rings (SSSR count). The summed E-state index contributed by atoms with van der Waals surface area (Å²) in [5, 5.41) is 0. The Kier molecular flexibility index (Phi) is 23.6. The van der Waals surface area contributed by atoms with Gasteiger partial charge >= 0.3 is 0 Å². The number of hydrogen-bond donors (Lipinski definition) is 0. The van der Waals surface area contributed by atoms with Crippen LogP contribution >= 0.6 is 0 Å². The molecule has 0 amide bonds. The van der Waals surface area contributed by atoms with E-state index >= 15 is 0 Å². The predicted octanol–water partition coefficient (Wildman–Crippen LogP) is 14.8. The lowest BCUT2D eigenvalue weighted by Gasteiger charge is -2.49. The summed E-state index contributed by atoms with van der Waals surface area (Å²) in [6, 6.07) is 0. The molecule has 0 bridgehead atoms. The highest BCUT2D eigenvalue weighted by atomic mass is 15.2. The first-order valence-electron chi connectivity index (χ1n) is 19.9. The van der Waals surface area contributed by atoms with E-state index in [1.54, 1.807) is 0 Å². The Balaban J connectivity index is -0.000000110. The largest absolute Gasteiger partial charge is 0.375 e. The Hall–Kier alpha value is -1.84. The molecule has 4 saturated heterocycles. The molecular weight excluding hydrogens is 633 g/mol. The van der Waals surface area contributed by atoms with Crippen LogP contribution in [0, 0.1) is 45.3 Å². The third-order valence-corrected chi connectivity index (χ3v) is 11.2. The first-order chi connectivity index (χ1) is 22.2. The van der Waals surface area contributed by atoms with Gasteiger partial charge in [-0.25, -0.2) is 0 Å². The van der Waals surface area contributed by atoms with Crippen LogP contribution < -0.4 is 0 Å². The molecule has 0 atom stereocenters. The van der Waals surface area contributed by atoms with Crippen molar-refractivity contribution in [1.82, 2.24) is 19.6 Å². The molecule has 0 aromatic heterocycles. The topological polar surface area (TPSA) is 13.0 Å². The summed E-state index contributed by atoms with van der Waals surface area (Å²) >= 11 is 0. The lowest BCUT2D eigenvalue weighted by Crippen LogP contribution is -2.52. The van der Waals surface area contributed by atoms with Crippen LogP contribution in [0.2, 0.25) is 0 Å². The second-order valence-electron chi connectivity index (χ2n) is 20.3. The maximum atomic E-state index is 4.17. The summed E-state index contributed by atoms with van der Waals surface area (Å²) in [5.41, 5.74) is 7.28. The SMILES string of the molecule is C.C.C.C=C(C(C)C)N1CC(C)(C)C1.C=C(C(C)C)N1CCC(C)(C)C1.C=C(C(C)C)N1CCC(C)(C)CC1.C=C(C(C)C)N1CCCC(C)(C)C1.[2HH].[2HH].[2HH].[2HH]. The minimum Gasteiger partial charge on any atom is -0.375 e.